The fourth-order valence-electron chi connectivity index (χ4n) is 1.63. The summed E-state index contributed by atoms with van der Waals surface area (Å²) in [5.41, 5.74) is 0.484. The van der Waals surface area contributed by atoms with Crippen LogP contribution in [0.3, 0.4) is 0 Å². The first-order chi connectivity index (χ1) is 9.56. The van der Waals surface area contributed by atoms with Gasteiger partial charge in [0.1, 0.15) is 6.07 Å². The first-order valence-electron chi connectivity index (χ1n) is 5.53. The van der Waals surface area contributed by atoms with Gasteiger partial charge in [-0.1, -0.05) is 0 Å². The van der Waals surface area contributed by atoms with Crippen molar-refractivity contribution in [3.05, 3.63) is 51.8 Å². The Hall–Kier alpha value is -3.21. The summed E-state index contributed by atoms with van der Waals surface area (Å²) in [6.07, 6.45) is 1.51. The highest BCUT2D eigenvalue weighted by Crippen LogP contribution is 2.20. The number of non-ortho nitro benzene ring substituents is 1. The summed E-state index contributed by atoms with van der Waals surface area (Å²) in [4.78, 5) is 21.5. The Bertz CT molecular complexity index is 729. The molecular weight excluding hydrogens is 262 g/mol. The highest BCUT2D eigenvalue weighted by atomic mass is 16.6. The molecule has 0 atom stereocenters. The second kappa shape index (κ2) is 5.19. The number of hydrogen-bond donors (Lipinski definition) is 1. The van der Waals surface area contributed by atoms with E-state index >= 15 is 0 Å². The second-order valence-electron chi connectivity index (χ2n) is 3.80. The zero-order chi connectivity index (χ0) is 14.7. The van der Waals surface area contributed by atoms with E-state index in [0.717, 1.165) is 6.07 Å². The van der Waals surface area contributed by atoms with Crippen LogP contribution in [0.15, 0.2) is 30.5 Å². The Morgan fingerprint density at radius 3 is 2.85 bits per heavy atom. The predicted octanol–water partition coefficient (Wildman–Crippen LogP) is 1.01. The van der Waals surface area contributed by atoms with E-state index in [4.69, 9.17) is 5.26 Å². The van der Waals surface area contributed by atoms with Gasteiger partial charge in [0.15, 0.2) is 5.69 Å². The molecule has 0 aliphatic carbocycles. The van der Waals surface area contributed by atoms with Crippen molar-refractivity contribution in [3.63, 3.8) is 0 Å². The molecule has 0 radical (unpaired) electrons. The fourth-order valence-corrected chi connectivity index (χ4v) is 1.63. The number of nitro benzene ring substituents is 1. The number of hydrogen-bond acceptors (Lipinski definition) is 5. The van der Waals surface area contributed by atoms with Gasteiger partial charge in [-0.25, -0.2) is 4.68 Å². The zero-order valence-corrected chi connectivity index (χ0v) is 10.4. The summed E-state index contributed by atoms with van der Waals surface area (Å²) in [6, 6.07) is 7.22. The van der Waals surface area contributed by atoms with Gasteiger partial charge in [0, 0.05) is 25.4 Å². The van der Waals surface area contributed by atoms with Crippen LogP contribution in [-0.2, 0) is 0 Å². The smallest absolute Gasteiger partial charge is 0.271 e. The van der Waals surface area contributed by atoms with Crippen LogP contribution in [0.1, 0.15) is 16.1 Å². The minimum absolute atomic E-state index is 0.103. The van der Waals surface area contributed by atoms with E-state index in [1.54, 1.807) is 0 Å². The van der Waals surface area contributed by atoms with Crippen molar-refractivity contribution in [2.45, 2.75) is 0 Å². The molecule has 8 nitrogen and oxygen atoms in total. The van der Waals surface area contributed by atoms with Crippen LogP contribution in [0.4, 0.5) is 5.69 Å². The largest absolute Gasteiger partial charge is 0.354 e. The lowest BCUT2D eigenvalue weighted by Gasteiger charge is -2.03. The molecule has 1 aromatic heterocycles. The zero-order valence-electron chi connectivity index (χ0n) is 10.4. The number of benzene rings is 1. The standard InChI is InChI=1S/C12H9N5O3/c1-14-12(18)10-4-5-16(15-10)11-3-2-9(17(19)20)6-8(11)7-13/h2-6H,1H3,(H,14,18). The van der Waals surface area contributed by atoms with Gasteiger partial charge < -0.3 is 5.32 Å². The van der Waals surface area contributed by atoms with E-state index in [2.05, 4.69) is 10.4 Å². The Morgan fingerprint density at radius 2 is 2.25 bits per heavy atom. The highest BCUT2D eigenvalue weighted by molar-refractivity contribution is 5.91. The number of rotatable bonds is 3. The Kier molecular flexibility index (Phi) is 3.43. The number of nitro groups is 1. The number of nitrogens with zero attached hydrogens (tertiary/aromatic N) is 4. The third-order valence-corrected chi connectivity index (χ3v) is 2.61. The quantitative estimate of drug-likeness (QED) is 0.661. The molecule has 1 aromatic carbocycles. The lowest BCUT2D eigenvalue weighted by molar-refractivity contribution is -0.384. The van der Waals surface area contributed by atoms with E-state index in [0.29, 0.717) is 5.69 Å². The second-order valence-corrected chi connectivity index (χ2v) is 3.80. The molecule has 0 aliphatic heterocycles. The molecule has 20 heavy (non-hydrogen) atoms. The van der Waals surface area contributed by atoms with Crippen molar-refractivity contribution in [1.82, 2.24) is 15.1 Å². The Morgan fingerprint density at radius 1 is 1.50 bits per heavy atom. The monoisotopic (exact) mass is 271 g/mol. The minimum Gasteiger partial charge on any atom is -0.354 e. The van der Waals surface area contributed by atoms with Crippen molar-refractivity contribution < 1.29 is 9.72 Å². The maximum Gasteiger partial charge on any atom is 0.271 e. The lowest BCUT2D eigenvalue weighted by atomic mass is 10.2. The van der Waals surface area contributed by atoms with Crippen LogP contribution in [0.5, 0.6) is 0 Å². The van der Waals surface area contributed by atoms with Crippen LogP contribution in [0.2, 0.25) is 0 Å². The number of amides is 1. The summed E-state index contributed by atoms with van der Waals surface area (Å²) in [5.74, 6) is -0.357. The van der Waals surface area contributed by atoms with E-state index in [1.165, 1.54) is 36.1 Å². The Labute approximate surface area is 113 Å². The molecule has 2 aromatic rings. The Balaban J connectivity index is 2.48. The van der Waals surface area contributed by atoms with Gasteiger partial charge in [0.05, 0.1) is 16.2 Å². The fraction of sp³-hybridized carbons (Fsp3) is 0.0833. The SMILES string of the molecule is CNC(=O)c1ccn(-c2ccc([N+](=O)[O-])cc2C#N)n1. The number of nitriles is 1. The molecule has 2 rings (SSSR count). The number of carbonyl (C=O) groups is 1. The molecule has 100 valence electrons. The first-order valence-corrected chi connectivity index (χ1v) is 5.53. The van der Waals surface area contributed by atoms with Gasteiger partial charge in [0.25, 0.3) is 11.6 Å². The van der Waals surface area contributed by atoms with E-state index < -0.39 is 4.92 Å². The molecule has 8 heteroatoms. The summed E-state index contributed by atoms with van der Waals surface area (Å²) >= 11 is 0. The summed E-state index contributed by atoms with van der Waals surface area (Å²) in [7, 11) is 1.48. The molecule has 0 saturated carbocycles. The molecule has 0 fully saturated rings. The molecule has 0 unspecified atom stereocenters. The molecule has 0 saturated heterocycles. The average molecular weight is 271 g/mol. The molecule has 1 heterocycles. The predicted molar refractivity (Wildman–Crippen MR) is 68.3 cm³/mol. The van der Waals surface area contributed by atoms with E-state index in [-0.39, 0.29) is 22.9 Å². The van der Waals surface area contributed by atoms with Crippen molar-refractivity contribution in [2.75, 3.05) is 7.05 Å². The lowest BCUT2D eigenvalue weighted by Crippen LogP contribution is -2.18. The molecule has 0 aliphatic rings. The molecule has 0 bridgehead atoms. The van der Waals surface area contributed by atoms with Gasteiger partial charge in [0.2, 0.25) is 0 Å². The summed E-state index contributed by atoms with van der Waals surface area (Å²) in [5, 5.41) is 26.2. The number of carbonyl (C=O) groups excluding carboxylic acids is 1. The van der Waals surface area contributed by atoms with Crippen LogP contribution in [-0.4, -0.2) is 27.7 Å². The topological polar surface area (TPSA) is 114 Å². The van der Waals surface area contributed by atoms with Crippen LogP contribution in [0.25, 0.3) is 5.69 Å². The van der Waals surface area contributed by atoms with Crippen molar-refractivity contribution in [2.24, 2.45) is 0 Å². The molecule has 1 amide bonds. The maximum atomic E-state index is 11.4. The highest BCUT2D eigenvalue weighted by Gasteiger charge is 2.14. The van der Waals surface area contributed by atoms with Crippen LogP contribution < -0.4 is 5.32 Å². The maximum absolute atomic E-state index is 11.4. The summed E-state index contributed by atoms with van der Waals surface area (Å²) in [6.45, 7) is 0. The number of nitrogens with one attached hydrogen (secondary N) is 1. The number of aromatic nitrogens is 2. The van der Waals surface area contributed by atoms with Gasteiger partial charge in [-0.3, -0.25) is 14.9 Å². The van der Waals surface area contributed by atoms with Gasteiger partial charge in [-0.15, -0.1) is 0 Å². The van der Waals surface area contributed by atoms with Crippen LogP contribution >= 0.6 is 0 Å². The third kappa shape index (κ3) is 2.32. The van der Waals surface area contributed by atoms with Crippen molar-refractivity contribution in [1.29, 1.82) is 5.26 Å². The van der Waals surface area contributed by atoms with Crippen molar-refractivity contribution in [3.8, 4) is 11.8 Å². The molecule has 1 N–H and O–H groups in total. The normalized spacial score (nSPS) is 9.80. The first kappa shape index (κ1) is 13.2. The van der Waals surface area contributed by atoms with Gasteiger partial charge >= 0.3 is 0 Å². The minimum atomic E-state index is -0.580. The van der Waals surface area contributed by atoms with E-state index in [1.807, 2.05) is 6.07 Å². The van der Waals surface area contributed by atoms with Crippen molar-refractivity contribution >= 4 is 11.6 Å². The van der Waals surface area contributed by atoms with Crippen LogP contribution in [0, 0.1) is 21.4 Å². The molecule has 0 spiro atoms. The summed E-state index contributed by atoms with van der Waals surface area (Å²) < 4.78 is 1.33. The van der Waals surface area contributed by atoms with Gasteiger partial charge in [-0.05, 0) is 12.1 Å². The average Bonchev–Trinajstić information content (AvgIpc) is 2.95. The van der Waals surface area contributed by atoms with Gasteiger partial charge in [-0.2, -0.15) is 10.4 Å². The molecular formula is C12H9N5O3. The van der Waals surface area contributed by atoms with E-state index in [9.17, 15) is 14.9 Å². The third-order valence-electron chi connectivity index (χ3n) is 2.61.